The van der Waals surface area contributed by atoms with Gasteiger partial charge in [0.1, 0.15) is 23.7 Å². The summed E-state index contributed by atoms with van der Waals surface area (Å²) in [5, 5.41) is 3.18. The van der Waals surface area contributed by atoms with Gasteiger partial charge >= 0.3 is 11.9 Å². The third kappa shape index (κ3) is 4.99. The number of hydrogen-bond acceptors (Lipinski definition) is 6. The lowest BCUT2D eigenvalue weighted by Crippen LogP contribution is -2.14. The van der Waals surface area contributed by atoms with Crippen molar-refractivity contribution in [2.45, 2.75) is 20.8 Å². The smallest absolute Gasteiger partial charge is 0.341 e. The van der Waals surface area contributed by atoms with Gasteiger partial charge in [-0.1, -0.05) is 18.2 Å². The van der Waals surface area contributed by atoms with Crippen LogP contribution in [0.5, 0.6) is 11.5 Å². The van der Waals surface area contributed by atoms with Crippen LogP contribution in [-0.2, 0) is 9.53 Å². The van der Waals surface area contributed by atoms with Gasteiger partial charge in [0, 0.05) is 19.2 Å². The average Bonchev–Trinajstić information content (AvgIpc) is 2.60. The van der Waals surface area contributed by atoms with E-state index in [0.29, 0.717) is 18.8 Å². The zero-order valence-electron chi connectivity index (χ0n) is 15.4. The number of rotatable bonds is 7. The molecule has 6 nitrogen and oxygen atoms in total. The molecule has 0 aliphatic heterocycles. The molecule has 0 aliphatic carbocycles. The van der Waals surface area contributed by atoms with Crippen LogP contribution in [0.4, 0.5) is 5.69 Å². The van der Waals surface area contributed by atoms with Crippen molar-refractivity contribution in [3.8, 4) is 11.5 Å². The van der Waals surface area contributed by atoms with Crippen LogP contribution in [0.25, 0.3) is 0 Å². The van der Waals surface area contributed by atoms with Crippen LogP contribution in [0, 0.1) is 13.8 Å². The van der Waals surface area contributed by atoms with Crippen LogP contribution in [0.2, 0.25) is 0 Å². The van der Waals surface area contributed by atoms with E-state index in [9.17, 15) is 9.59 Å². The van der Waals surface area contributed by atoms with Gasteiger partial charge < -0.3 is 19.5 Å². The molecular formula is C20H23NO5. The van der Waals surface area contributed by atoms with Crippen LogP contribution in [0.3, 0.4) is 0 Å². The third-order valence-corrected chi connectivity index (χ3v) is 3.72. The van der Waals surface area contributed by atoms with Crippen molar-refractivity contribution in [3.05, 3.63) is 53.1 Å². The van der Waals surface area contributed by atoms with Crippen molar-refractivity contribution in [2.24, 2.45) is 0 Å². The summed E-state index contributed by atoms with van der Waals surface area (Å²) in [6.07, 6.45) is 0. The number of anilines is 1. The third-order valence-electron chi connectivity index (χ3n) is 3.72. The lowest BCUT2D eigenvalue weighted by molar-refractivity contribution is -0.131. The first-order valence-electron chi connectivity index (χ1n) is 8.26. The van der Waals surface area contributed by atoms with E-state index in [1.54, 1.807) is 18.2 Å². The minimum atomic E-state index is -0.573. The summed E-state index contributed by atoms with van der Waals surface area (Å²) in [7, 11) is 1.28. The predicted octanol–water partition coefficient (Wildman–Crippen LogP) is 3.51. The molecule has 0 saturated carbocycles. The minimum Gasteiger partial charge on any atom is -0.491 e. The van der Waals surface area contributed by atoms with E-state index in [1.807, 2.05) is 32.0 Å². The summed E-state index contributed by atoms with van der Waals surface area (Å²) in [5.74, 6) is -0.0222. The zero-order valence-corrected chi connectivity index (χ0v) is 15.4. The largest absolute Gasteiger partial charge is 0.491 e. The molecular weight excluding hydrogens is 334 g/mol. The van der Waals surface area contributed by atoms with Gasteiger partial charge in [-0.15, -0.1) is 0 Å². The monoisotopic (exact) mass is 357 g/mol. The maximum absolute atomic E-state index is 11.9. The van der Waals surface area contributed by atoms with E-state index in [0.717, 1.165) is 16.9 Å². The molecule has 0 saturated heterocycles. The van der Waals surface area contributed by atoms with Crippen LogP contribution in [0.15, 0.2) is 36.4 Å². The highest BCUT2D eigenvalue weighted by molar-refractivity contribution is 5.94. The number of carbonyl (C=O) groups excluding carboxylic acids is 2. The van der Waals surface area contributed by atoms with Crippen molar-refractivity contribution in [1.29, 1.82) is 0 Å². The average molecular weight is 357 g/mol. The van der Waals surface area contributed by atoms with Crippen molar-refractivity contribution < 1.29 is 23.8 Å². The van der Waals surface area contributed by atoms with Gasteiger partial charge in [-0.25, -0.2) is 4.79 Å². The summed E-state index contributed by atoms with van der Waals surface area (Å²) in [5.41, 5.74) is 3.06. The van der Waals surface area contributed by atoms with Gasteiger partial charge in [-0.05, 0) is 43.2 Å². The van der Waals surface area contributed by atoms with Crippen LogP contribution in [0.1, 0.15) is 28.4 Å². The summed E-state index contributed by atoms with van der Waals surface area (Å²) < 4.78 is 15.6. The molecule has 1 N–H and O–H groups in total. The summed E-state index contributed by atoms with van der Waals surface area (Å²) in [4.78, 5) is 23.0. The molecule has 0 fully saturated rings. The number of carbonyl (C=O) groups is 2. The van der Waals surface area contributed by atoms with E-state index >= 15 is 0 Å². The Morgan fingerprint density at radius 3 is 2.38 bits per heavy atom. The molecule has 0 heterocycles. The first-order chi connectivity index (χ1) is 12.4. The molecule has 0 bridgehead atoms. The molecule has 0 aliphatic rings. The number of para-hydroxylation sites is 1. The van der Waals surface area contributed by atoms with E-state index in [-0.39, 0.29) is 11.3 Å². The number of esters is 2. The Balaban J connectivity index is 2.01. The summed E-state index contributed by atoms with van der Waals surface area (Å²) in [6, 6.07) is 10.9. The molecule has 0 unspecified atom stereocenters. The molecule has 0 radical (unpaired) electrons. The van der Waals surface area contributed by atoms with Crippen molar-refractivity contribution in [3.63, 3.8) is 0 Å². The van der Waals surface area contributed by atoms with Gasteiger partial charge in [0.15, 0.2) is 0 Å². The van der Waals surface area contributed by atoms with Crippen LogP contribution in [-0.4, -0.2) is 32.2 Å². The number of nitrogens with one attached hydrogen (secondary N) is 1. The first-order valence-corrected chi connectivity index (χ1v) is 8.26. The fourth-order valence-corrected chi connectivity index (χ4v) is 2.53. The highest BCUT2D eigenvalue weighted by atomic mass is 16.5. The number of ether oxygens (including phenoxy) is 3. The molecule has 2 aromatic rings. The summed E-state index contributed by atoms with van der Waals surface area (Å²) in [6.45, 7) is 6.29. The molecule has 0 atom stereocenters. The lowest BCUT2D eigenvalue weighted by Gasteiger charge is -2.14. The van der Waals surface area contributed by atoms with Crippen LogP contribution < -0.4 is 14.8 Å². The van der Waals surface area contributed by atoms with Crippen LogP contribution >= 0.6 is 0 Å². The molecule has 2 aromatic carbocycles. The molecule has 0 spiro atoms. The Hall–Kier alpha value is -3.02. The molecule has 0 aromatic heterocycles. The Morgan fingerprint density at radius 2 is 1.77 bits per heavy atom. The molecule has 2 rings (SSSR count). The Bertz CT molecular complexity index is 781. The topological polar surface area (TPSA) is 73.9 Å². The quantitative estimate of drug-likeness (QED) is 0.464. The molecule has 0 amide bonds. The number of benzene rings is 2. The second kappa shape index (κ2) is 8.89. The zero-order chi connectivity index (χ0) is 19.1. The van der Waals surface area contributed by atoms with Gasteiger partial charge in [0.25, 0.3) is 0 Å². The van der Waals surface area contributed by atoms with Crippen molar-refractivity contribution in [1.82, 2.24) is 0 Å². The molecule has 138 valence electrons. The van der Waals surface area contributed by atoms with Gasteiger partial charge in [-0.3, -0.25) is 4.79 Å². The minimum absolute atomic E-state index is 0.168. The second-order valence-corrected chi connectivity index (χ2v) is 5.79. The summed E-state index contributed by atoms with van der Waals surface area (Å²) >= 11 is 0. The highest BCUT2D eigenvalue weighted by Crippen LogP contribution is 2.24. The fourth-order valence-electron chi connectivity index (χ4n) is 2.53. The van der Waals surface area contributed by atoms with E-state index in [4.69, 9.17) is 14.2 Å². The van der Waals surface area contributed by atoms with Gasteiger partial charge in [-0.2, -0.15) is 0 Å². The number of hydrogen-bond donors (Lipinski definition) is 1. The Kier molecular flexibility index (Phi) is 6.60. The lowest BCUT2D eigenvalue weighted by atomic mass is 10.1. The van der Waals surface area contributed by atoms with Gasteiger partial charge in [0.05, 0.1) is 7.11 Å². The SMILES string of the molecule is COC(=O)c1cc(NCCOc2c(C)cccc2C)ccc1OC(C)=O. The van der Waals surface area contributed by atoms with E-state index in [1.165, 1.54) is 14.0 Å². The maximum Gasteiger partial charge on any atom is 0.341 e. The first kappa shape index (κ1) is 19.3. The highest BCUT2D eigenvalue weighted by Gasteiger charge is 2.15. The predicted molar refractivity (Wildman–Crippen MR) is 99.0 cm³/mol. The number of methoxy groups -OCH3 is 1. The Labute approximate surface area is 153 Å². The van der Waals surface area contributed by atoms with E-state index in [2.05, 4.69) is 5.32 Å². The number of aryl methyl sites for hydroxylation is 2. The van der Waals surface area contributed by atoms with Gasteiger partial charge in [0.2, 0.25) is 0 Å². The standard InChI is InChI=1S/C20H23NO5/c1-13-6-5-7-14(2)19(13)25-11-10-21-16-8-9-18(26-15(3)22)17(12-16)20(23)24-4/h5-9,12,21H,10-11H2,1-4H3. The normalized spacial score (nSPS) is 10.2. The van der Waals surface area contributed by atoms with Crippen molar-refractivity contribution >= 4 is 17.6 Å². The Morgan fingerprint density at radius 1 is 1.08 bits per heavy atom. The van der Waals surface area contributed by atoms with Crippen molar-refractivity contribution in [2.75, 3.05) is 25.6 Å². The maximum atomic E-state index is 11.9. The van der Waals surface area contributed by atoms with E-state index < -0.39 is 11.9 Å². The molecule has 6 heteroatoms. The molecule has 26 heavy (non-hydrogen) atoms. The second-order valence-electron chi connectivity index (χ2n) is 5.79. The fraction of sp³-hybridized carbons (Fsp3) is 0.300.